The maximum absolute atomic E-state index is 11.6. The Morgan fingerprint density at radius 2 is 1.70 bits per heavy atom. The molecule has 5 heteroatoms. The second kappa shape index (κ2) is 7.35. The van der Waals surface area contributed by atoms with Crippen LogP contribution in [0.2, 0.25) is 0 Å². The topological polar surface area (TPSA) is 65.0 Å². The Hall–Kier alpha value is -2.95. The molecule has 0 amide bonds. The molecule has 0 heterocycles. The van der Waals surface area contributed by atoms with E-state index in [-0.39, 0.29) is 5.57 Å². The summed E-state index contributed by atoms with van der Waals surface area (Å²) in [6, 6.07) is 14.0. The van der Waals surface area contributed by atoms with Crippen LogP contribution >= 0.6 is 0 Å². The lowest BCUT2D eigenvalue weighted by Gasteiger charge is -2.14. The lowest BCUT2D eigenvalue weighted by atomic mass is 10.0. The van der Waals surface area contributed by atoms with Crippen molar-refractivity contribution in [3.63, 3.8) is 0 Å². The number of methoxy groups -OCH3 is 2. The molecule has 0 bridgehead atoms. The monoisotopic (exact) mass is 314 g/mol. The van der Waals surface area contributed by atoms with Gasteiger partial charge in [-0.3, -0.25) is 0 Å². The van der Waals surface area contributed by atoms with E-state index in [1.165, 1.54) is 7.11 Å². The SMILES string of the molecule is COC(C)=C(C(=O)O)c1ccccc1Oc1cccc(OC)c1. The van der Waals surface area contributed by atoms with E-state index in [1.807, 2.05) is 0 Å². The van der Waals surface area contributed by atoms with Gasteiger partial charge in [-0.25, -0.2) is 4.79 Å². The molecule has 2 aromatic carbocycles. The predicted octanol–water partition coefficient (Wildman–Crippen LogP) is 3.95. The Morgan fingerprint density at radius 1 is 1.00 bits per heavy atom. The first-order chi connectivity index (χ1) is 11.1. The first-order valence-electron chi connectivity index (χ1n) is 6.96. The molecule has 0 aliphatic rings. The summed E-state index contributed by atoms with van der Waals surface area (Å²) in [5, 5.41) is 9.49. The second-order valence-corrected chi connectivity index (χ2v) is 4.72. The standard InChI is InChI=1S/C18H18O5/c1-12(21-2)17(18(19)20)15-9-4-5-10-16(15)23-14-8-6-7-13(11-14)22-3/h4-11H,1-3H3,(H,19,20). The van der Waals surface area contributed by atoms with Crippen LogP contribution in [0.15, 0.2) is 54.3 Å². The quantitative estimate of drug-likeness (QED) is 0.646. The molecule has 0 radical (unpaired) electrons. The first kappa shape index (κ1) is 16.4. The fourth-order valence-corrected chi connectivity index (χ4v) is 2.11. The van der Waals surface area contributed by atoms with Crippen LogP contribution in [0.1, 0.15) is 12.5 Å². The van der Waals surface area contributed by atoms with Crippen LogP contribution in [0.25, 0.3) is 5.57 Å². The minimum Gasteiger partial charge on any atom is -0.500 e. The van der Waals surface area contributed by atoms with Gasteiger partial charge in [-0.1, -0.05) is 24.3 Å². The third kappa shape index (κ3) is 3.83. The Morgan fingerprint density at radius 3 is 2.35 bits per heavy atom. The van der Waals surface area contributed by atoms with Gasteiger partial charge in [0.1, 0.15) is 28.6 Å². The molecule has 2 aromatic rings. The van der Waals surface area contributed by atoms with Gasteiger partial charge in [-0.2, -0.15) is 0 Å². The van der Waals surface area contributed by atoms with Crippen LogP contribution in [0.4, 0.5) is 0 Å². The predicted molar refractivity (Wildman–Crippen MR) is 86.7 cm³/mol. The van der Waals surface area contributed by atoms with Crippen molar-refractivity contribution in [2.24, 2.45) is 0 Å². The highest BCUT2D eigenvalue weighted by Crippen LogP contribution is 2.33. The molecule has 2 rings (SSSR count). The number of carboxylic acids is 1. The van der Waals surface area contributed by atoms with Gasteiger partial charge in [0.05, 0.1) is 14.2 Å². The minimum absolute atomic E-state index is 0.0611. The van der Waals surface area contributed by atoms with Gasteiger partial charge in [-0.05, 0) is 25.1 Å². The van der Waals surface area contributed by atoms with E-state index >= 15 is 0 Å². The van der Waals surface area contributed by atoms with Gasteiger partial charge >= 0.3 is 5.97 Å². The van der Waals surface area contributed by atoms with E-state index < -0.39 is 5.97 Å². The van der Waals surface area contributed by atoms with E-state index in [0.717, 1.165) is 0 Å². The summed E-state index contributed by atoms with van der Waals surface area (Å²) >= 11 is 0. The Bertz CT molecular complexity index is 734. The normalized spacial score (nSPS) is 11.4. The van der Waals surface area contributed by atoms with Crippen LogP contribution in [-0.2, 0) is 9.53 Å². The number of benzene rings is 2. The van der Waals surface area contributed by atoms with Crippen molar-refractivity contribution >= 4 is 11.5 Å². The smallest absolute Gasteiger partial charge is 0.339 e. The van der Waals surface area contributed by atoms with Crippen molar-refractivity contribution < 1.29 is 24.1 Å². The number of para-hydroxylation sites is 1. The maximum atomic E-state index is 11.6. The third-order valence-corrected chi connectivity index (χ3v) is 3.30. The lowest BCUT2D eigenvalue weighted by Crippen LogP contribution is -2.05. The average molecular weight is 314 g/mol. The van der Waals surface area contributed by atoms with Crippen molar-refractivity contribution in [3.8, 4) is 17.2 Å². The zero-order valence-electron chi connectivity index (χ0n) is 13.2. The molecule has 0 aromatic heterocycles. The van der Waals surface area contributed by atoms with E-state index in [1.54, 1.807) is 62.6 Å². The molecule has 0 fully saturated rings. The summed E-state index contributed by atoms with van der Waals surface area (Å²) in [7, 11) is 3.00. The van der Waals surface area contributed by atoms with Gasteiger partial charge < -0.3 is 19.3 Å². The Labute approximate surface area is 134 Å². The van der Waals surface area contributed by atoms with E-state index in [9.17, 15) is 9.90 Å². The minimum atomic E-state index is -1.08. The molecule has 0 unspecified atom stereocenters. The highest BCUT2D eigenvalue weighted by molar-refractivity contribution is 6.16. The number of hydrogen-bond acceptors (Lipinski definition) is 4. The molecule has 120 valence electrons. The highest BCUT2D eigenvalue weighted by Gasteiger charge is 2.19. The number of ether oxygens (including phenoxy) is 3. The molecule has 0 saturated carbocycles. The van der Waals surface area contributed by atoms with Crippen LogP contribution in [0.3, 0.4) is 0 Å². The summed E-state index contributed by atoms with van der Waals surface area (Å²) in [6.07, 6.45) is 0. The van der Waals surface area contributed by atoms with Gasteiger partial charge in [-0.15, -0.1) is 0 Å². The summed E-state index contributed by atoms with van der Waals surface area (Å²) < 4.78 is 16.1. The molecule has 0 saturated heterocycles. The fraction of sp³-hybridized carbons (Fsp3) is 0.167. The number of hydrogen-bond donors (Lipinski definition) is 1. The molecular weight excluding hydrogens is 296 g/mol. The Kier molecular flexibility index (Phi) is 5.25. The largest absolute Gasteiger partial charge is 0.500 e. The molecule has 0 spiro atoms. The van der Waals surface area contributed by atoms with Crippen molar-refractivity contribution in [2.75, 3.05) is 14.2 Å². The van der Waals surface area contributed by atoms with Crippen LogP contribution in [0, 0.1) is 0 Å². The number of carboxylic acid groups (broad SMARTS) is 1. The summed E-state index contributed by atoms with van der Waals surface area (Å²) in [5.41, 5.74) is 0.508. The van der Waals surface area contributed by atoms with Crippen LogP contribution < -0.4 is 9.47 Å². The number of aliphatic carboxylic acids is 1. The lowest BCUT2D eigenvalue weighted by molar-refractivity contribution is -0.130. The molecule has 0 aliphatic heterocycles. The van der Waals surface area contributed by atoms with Crippen LogP contribution in [0.5, 0.6) is 17.2 Å². The van der Waals surface area contributed by atoms with E-state index in [0.29, 0.717) is 28.6 Å². The first-order valence-corrected chi connectivity index (χ1v) is 6.96. The number of carbonyl (C=O) groups is 1. The molecule has 1 N–H and O–H groups in total. The van der Waals surface area contributed by atoms with E-state index in [2.05, 4.69) is 0 Å². The van der Waals surface area contributed by atoms with Crippen molar-refractivity contribution in [2.45, 2.75) is 6.92 Å². The van der Waals surface area contributed by atoms with Gasteiger partial charge in [0, 0.05) is 11.6 Å². The molecule has 23 heavy (non-hydrogen) atoms. The van der Waals surface area contributed by atoms with E-state index in [4.69, 9.17) is 14.2 Å². The zero-order chi connectivity index (χ0) is 16.8. The Balaban J connectivity index is 2.47. The van der Waals surface area contributed by atoms with Crippen molar-refractivity contribution in [1.29, 1.82) is 0 Å². The number of rotatable bonds is 6. The van der Waals surface area contributed by atoms with Gasteiger partial charge in [0.25, 0.3) is 0 Å². The van der Waals surface area contributed by atoms with Crippen LogP contribution in [-0.4, -0.2) is 25.3 Å². The molecular formula is C18H18O5. The summed E-state index contributed by atoms with van der Waals surface area (Å²) in [4.78, 5) is 11.6. The summed E-state index contributed by atoms with van der Waals surface area (Å²) in [6.45, 7) is 1.60. The number of allylic oxidation sites excluding steroid dienone is 1. The van der Waals surface area contributed by atoms with Gasteiger partial charge in [0.15, 0.2) is 0 Å². The third-order valence-electron chi connectivity index (χ3n) is 3.30. The van der Waals surface area contributed by atoms with Crippen molar-refractivity contribution in [1.82, 2.24) is 0 Å². The molecule has 5 nitrogen and oxygen atoms in total. The zero-order valence-corrected chi connectivity index (χ0v) is 13.2. The van der Waals surface area contributed by atoms with Gasteiger partial charge in [0.2, 0.25) is 0 Å². The van der Waals surface area contributed by atoms with Crippen molar-refractivity contribution in [3.05, 3.63) is 59.9 Å². The maximum Gasteiger partial charge on any atom is 0.339 e. The second-order valence-electron chi connectivity index (χ2n) is 4.72. The summed E-state index contributed by atoms with van der Waals surface area (Å²) in [5.74, 6) is 0.860. The highest BCUT2D eigenvalue weighted by atomic mass is 16.5. The molecule has 0 atom stereocenters. The molecule has 0 aliphatic carbocycles. The average Bonchev–Trinajstić information content (AvgIpc) is 2.56. The fourth-order valence-electron chi connectivity index (χ4n) is 2.11.